The molecule has 0 fully saturated rings. The molecule has 4 aromatic rings. The number of hydrogen-bond acceptors (Lipinski definition) is 8. The van der Waals surface area contributed by atoms with E-state index in [-0.39, 0.29) is 5.76 Å². The number of methoxy groups -OCH3 is 1. The van der Waals surface area contributed by atoms with Crippen LogP contribution in [0.25, 0.3) is 21.9 Å². The summed E-state index contributed by atoms with van der Waals surface area (Å²) in [7, 11) is 1.46. The minimum atomic E-state index is -1.22. The Morgan fingerprint density at radius 3 is 2.55 bits per heavy atom. The van der Waals surface area contributed by atoms with Gasteiger partial charge in [0.05, 0.1) is 18.9 Å². The maximum atomic E-state index is 12.6. The summed E-state index contributed by atoms with van der Waals surface area (Å²) >= 11 is 0. The van der Waals surface area contributed by atoms with E-state index in [9.17, 15) is 19.7 Å². The SMILES string of the molecule is COc1cc2c(cc1NC(=O)C(C)OC(=O)c1ccc([N+](=O)[O-])o1)oc1ccccc12. The fourth-order valence-corrected chi connectivity index (χ4v) is 3.06. The van der Waals surface area contributed by atoms with E-state index in [0.29, 0.717) is 22.6 Å². The lowest BCUT2D eigenvalue weighted by atomic mass is 10.1. The number of nitro groups is 1. The molecule has 0 spiro atoms. The molecule has 0 aliphatic carbocycles. The molecule has 2 heterocycles. The Kier molecular flexibility index (Phi) is 5.04. The molecule has 1 N–H and O–H groups in total. The standard InChI is InChI=1S/C21H16N2O8/c1-11(29-21(25)16-7-8-19(31-16)23(26)27)20(24)22-14-10-17-13(9-18(14)28-2)12-5-3-4-6-15(12)30-17/h3-11H,1-2H3,(H,22,24). The molecule has 10 nitrogen and oxygen atoms in total. The number of carbonyl (C=O) groups is 2. The van der Waals surface area contributed by atoms with E-state index >= 15 is 0 Å². The Balaban J connectivity index is 1.53. The second kappa shape index (κ2) is 7.82. The van der Waals surface area contributed by atoms with Crippen LogP contribution in [0, 0.1) is 10.1 Å². The molecular formula is C21H16N2O8. The maximum Gasteiger partial charge on any atom is 0.433 e. The van der Waals surface area contributed by atoms with Crippen molar-refractivity contribution in [3.8, 4) is 5.75 Å². The number of furan rings is 2. The van der Waals surface area contributed by atoms with E-state index in [4.69, 9.17) is 18.3 Å². The number of nitrogens with zero attached hydrogens (tertiary/aromatic N) is 1. The summed E-state index contributed by atoms with van der Waals surface area (Å²) in [6, 6.07) is 13.0. The first-order chi connectivity index (χ1) is 14.9. The first-order valence-corrected chi connectivity index (χ1v) is 9.12. The third kappa shape index (κ3) is 3.78. The van der Waals surface area contributed by atoms with Gasteiger partial charge < -0.3 is 23.6 Å². The lowest BCUT2D eigenvalue weighted by molar-refractivity contribution is -0.402. The Morgan fingerprint density at radius 2 is 1.84 bits per heavy atom. The number of benzene rings is 2. The number of ether oxygens (including phenoxy) is 2. The number of para-hydroxylation sites is 1. The lowest BCUT2D eigenvalue weighted by Gasteiger charge is -2.14. The summed E-state index contributed by atoms with van der Waals surface area (Å²) in [4.78, 5) is 34.5. The van der Waals surface area contributed by atoms with E-state index < -0.39 is 28.8 Å². The molecule has 2 aromatic carbocycles. The molecular weight excluding hydrogens is 408 g/mol. The fourth-order valence-electron chi connectivity index (χ4n) is 3.06. The highest BCUT2D eigenvalue weighted by molar-refractivity contribution is 6.08. The lowest BCUT2D eigenvalue weighted by Crippen LogP contribution is -2.30. The zero-order valence-corrected chi connectivity index (χ0v) is 16.4. The van der Waals surface area contributed by atoms with Crippen molar-refractivity contribution in [2.75, 3.05) is 12.4 Å². The van der Waals surface area contributed by atoms with Crippen LogP contribution in [-0.2, 0) is 9.53 Å². The predicted molar refractivity (Wildman–Crippen MR) is 109 cm³/mol. The molecule has 1 unspecified atom stereocenters. The fraction of sp³-hybridized carbons (Fsp3) is 0.143. The number of anilines is 1. The first kappa shape index (κ1) is 20.0. The Hall–Kier alpha value is -4.34. The van der Waals surface area contributed by atoms with E-state index in [2.05, 4.69) is 5.32 Å². The van der Waals surface area contributed by atoms with Crippen LogP contribution in [0.1, 0.15) is 17.5 Å². The molecule has 4 rings (SSSR count). The van der Waals surface area contributed by atoms with Crippen molar-refractivity contribution < 1.29 is 32.8 Å². The van der Waals surface area contributed by atoms with Crippen LogP contribution in [-0.4, -0.2) is 30.0 Å². The van der Waals surface area contributed by atoms with Gasteiger partial charge in [-0.2, -0.15) is 0 Å². The van der Waals surface area contributed by atoms with Crippen molar-refractivity contribution in [3.63, 3.8) is 0 Å². The molecule has 1 atom stereocenters. The van der Waals surface area contributed by atoms with Gasteiger partial charge in [-0.1, -0.05) is 18.2 Å². The Morgan fingerprint density at radius 1 is 1.06 bits per heavy atom. The van der Waals surface area contributed by atoms with Crippen molar-refractivity contribution in [1.29, 1.82) is 0 Å². The molecule has 0 bridgehead atoms. The van der Waals surface area contributed by atoms with Crippen LogP contribution in [0.2, 0.25) is 0 Å². The van der Waals surface area contributed by atoms with Gasteiger partial charge in [-0.25, -0.2) is 4.79 Å². The number of nitrogens with one attached hydrogen (secondary N) is 1. The van der Waals surface area contributed by atoms with Gasteiger partial charge in [0.15, 0.2) is 6.10 Å². The highest BCUT2D eigenvalue weighted by Crippen LogP contribution is 2.36. The van der Waals surface area contributed by atoms with Crippen LogP contribution in [0.4, 0.5) is 11.6 Å². The number of fused-ring (bicyclic) bond motifs is 3. The molecule has 158 valence electrons. The minimum absolute atomic E-state index is 0.329. The van der Waals surface area contributed by atoms with Crippen molar-refractivity contribution >= 4 is 45.4 Å². The average Bonchev–Trinajstić information content (AvgIpc) is 3.38. The number of rotatable bonds is 6. The molecule has 0 aliphatic rings. The van der Waals surface area contributed by atoms with Crippen LogP contribution in [0.5, 0.6) is 5.75 Å². The summed E-state index contributed by atoms with van der Waals surface area (Å²) in [6.07, 6.45) is -1.22. The number of esters is 1. The molecule has 2 aromatic heterocycles. The van der Waals surface area contributed by atoms with Crippen LogP contribution in [0.15, 0.2) is 57.4 Å². The summed E-state index contributed by atoms with van der Waals surface area (Å²) < 4.78 is 21.0. The Labute approximate surface area is 174 Å². The average molecular weight is 424 g/mol. The zero-order chi connectivity index (χ0) is 22.1. The first-order valence-electron chi connectivity index (χ1n) is 9.12. The largest absolute Gasteiger partial charge is 0.495 e. The van der Waals surface area contributed by atoms with Gasteiger partial charge in [0.2, 0.25) is 5.76 Å². The van der Waals surface area contributed by atoms with Crippen LogP contribution in [0.3, 0.4) is 0 Å². The molecule has 0 aliphatic heterocycles. The predicted octanol–water partition coefficient (Wildman–Crippen LogP) is 4.28. The van der Waals surface area contributed by atoms with E-state index in [1.807, 2.05) is 24.3 Å². The van der Waals surface area contributed by atoms with Crippen molar-refractivity contribution in [3.05, 3.63) is 64.4 Å². The number of amides is 1. The highest BCUT2D eigenvalue weighted by atomic mass is 16.7. The van der Waals surface area contributed by atoms with Gasteiger partial charge in [-0.3, -0.25) is 14.9 Å². The summed E-state index contributed by atoms with van der Waals surface area (Å²) in [5.74, 6) is -2.23. The third-order valence-electron chi connectivity index (χ3n) is 4.58. The Bertz CT molecular complexity index is 1320. The van der Waals surface area contributed by atoms with Crippen molar-refractivity contribution in [1.82, 2.24) is 0 Å². The third-order valence-corrected chi connectivity index (χ3v) is 4.58. The molecule has 0 saturated carbocycles. The van der Waals surface area contributed by atoms with Gasteiger partial charge in [0.1, 0.15) is 21.8 Å². The van der Waals surface area contributed by atoms with Crippen LogP contribution >= 0.6 is 0 Å². The topological polar surface area (TPSA) is 134 Å². The van der Waals surface area contributed by atoms with Gasteiger partial charge in [0, 0.05) is 16.8 Å². The summed E-state index contributed by atoms with van der Waals surface area (Å²) in [5.41, 5.74) is 1.57. The second-order valence-electron chi connectivity index (χ2n) is 6.58. The molecule has 31 heavy (non-hydrogen) atoms. The van der Waals surface area contributed by atoms with E-state index in [0.717, 1.165) is 22.9 Å². The molecule has 10 heteroatoms. The van der Waals surface area contributed by atoms with Gasteiger partial charge in [-0.05, 0) is 25.1 Å². The zero-order valence-electron chi connectivity index (χ0n) is 16.4. The normalized spacial score (nSPS) is 11.9. The number of hydrogen-bond donors (Lipinski definition) is 1. The maximum absolute atomic E-state index is 12.6. The minimum Gasteiger partial charge on any atom is -0.495 e. The number of carbonyl (C=O) groups excluding carboxylic acids is 2. The quantitative estimate of drug-likeness (QED) is 0.275. The molecule has 0 radical (unpaired) electrons. The van der Waals surface area contributed by atoms with Crippen LogP contribution < -0.4 is 10.1 Å². The van der Waals surface area contributed by atoms with E-state index in [1.54, 1.807) is 12.1 Å². The van der Waals surface area contributed by atoms with Gasteiger partial charge in [-0.15, -0.1) is 0 Å². The molecule has 0 saturated heterocycles. The second-order valence-corrected chi connectivity index (χ2v) is 6.58. The monoisotopic (exact) mass is 424 g/mol. The summed E-state index contributed by atoms with van der Waals surface area (Å²) in [6.45, 7) is 1.36. The van der Waals surface area contributed by atoms with Gasteiger partial charge >= 0.3 is 11.9 Å². The van der Waals surface area contributed by atoms with Crippen molar-refractivity contribution in [2.24, 2.45) is 0 Å². The van der Waals surface area contributed by atoms with E-state index in [1.165, 1.54) is 14.0 Å². The summed E-state index contributed by atoms with van der Waals surface area (Å²) in [5, 5.41) is 15.0. The van der Waals surface area contributed by atoms with Crippen molar-refractivity contribution in [2.45, 2.75) is 13.0 Å². The molecule has 1 amide bonds. The smallest absolute Gasteiger partial charge is 0.433 e. The van der Waals surface area contributed by atoms with Gasteiger partial charge in [0.25, 0.3) is 5.91 Å². The highest BCUT2D eigenvalue weighted by Gasteiger charge is 2.24.